The Hall–Kier alpha value is -1.49. The van der Waals surface area contributed by atoms with Crippen LogP contribution < -0.4 is 15.4 Å². The van der Waals surface area contributed by atoms with Gasteiger partial charge in [0.2, 0.25) is 0 Å². The number of aliphatic imine (C=N–C) groups is 1. The summed E-state index contributed by atoms with van der Waals surface area (Å²) in [6.07, 6.45) is 4.74. The van der Waals surface area contributed by atoms with Gasteiger partial charge in [-0.25, -0.2) is 4.99 Å². The first-order valence-electron chi connectivity index (χ1n) is 8.78. The molecular formula is C18H29IN6OS. The maximum absolute atomic E-state index is 5.40. The predicted molar refractivity (Wildman–Crippen MR) is 123 cm³/mol. The topological polar surface area (TPSA) is 76.4 Å². The fourth-order valence-corrected chi connectivity index (χ4v) is 2.78. The molecule has 0 radical (unpaired) electrons. The van der Waals surface area contributed by atoms with Gasteiger partial charge in [0.05, 0.1) is 13.7 Å². The minimum absolute atomic E-state index is 0. The Morgan fingerprint density at radius 3 is 2.78 bits per heavy atom. The highest BCUT2D eigenvalue weighted by molar-refractivity contribution is 14.0. The van der Waals surface area contributed by atoms with E-state index in [1.165, 1.54) is 0 Å². The third kappa shape index (κ3) is 7.96. The molecular weight excluding hydrogens is 475 g/mol. The maximum atomic E-state index is 5.40. The summed E-state index contributed by atoms with van der Waals surface area (Å²) in [6, 6.07) is 7.95. The second kappa shape index (κ2) is 13.6. The minimum atomic E-state index is 0. The molecule has 150 valence electrons. The number of para-hydroxylation sites is 1. The van der Waals surface area contributed by atoms with Crippen LogP contribution in [0.4, 0.5) is 0 Å². The number of rotatable bonds is 10. The smallest absolute Gasteiger partial charge is 0.191 e. The number of aromatic nitrogens is 3. The molecule has 0 atom stereocenters. The van der Waals surface area contributed by atoms with Crippen LogP contribution in [0.2, 0.25) is 0 Å². The van der Waals surface area contributed by atoms with E-state index >= 15 is 0 Å². The molecule has 1 aromatic heterocycles. The molecule has 9 heteroatoms. The number of guanidine groups is 1. The molecule has 0 fully saturated rings. The largest absolute Gasteiger partial charge is 0.496 e. The zero-order chi connectivity index (χ0) is 18.6. The van der Waals surface area contributed by atoms with E-state index in [1.54, 1.807) is 25.2 Å². The number of nitrogens with zero attached hydrogens (tertiary/aromatic N) is 4. The van der Waals surface area contributed by atoms with Crippen LogP contribution in [0.25, 0.3) is 0 Å². The summed E-state index contributed by atoms with van der Waals surface area (Å²) >= 11 is 1.81. The highest BCUT2D eigenvalue weighted by Gasteiger charge is 2.04. The SMILES string of the molecule is CCc1nncn1CCNC(=NCc1ccccc1OC)NCCSC.I. The van der Waals surface area contributed by atoms with Gasteiger partial charge in [0.15, 0.2) is 5.96 Å². The van der Waals surface area contributed by atoms with Crippen molar-refractivity contribution >= 4 is 41.7 Å². The minimum Gasteiger partial charge on any atom is -0.496 e. The number of hydrogen-bond acceptors (Lipinski definition) is 5. The van der Waals surface area contributed by atoms with Gasteiger partial charge in [-0.05, 0) is 12.3 Å². The second-order valence-electron chi connectivity index (χ2n) is 5.62. The average Bonchev–Trinajstić information content (AvgIpc) is 3.13. The lowest BCUT2D eigenvalue weighted by Gasteiger charge is -2.13. The van der Waals surface area contributed by atoms with E-state index in [9.17, 15) is 0 Å². The van der Waals surface area contributed by atoms with E-state index in [0.717, 1.165) is 54.9 Å². The lowest BCUT2D eigenvalue weighted by Crippen LogP contribution is -2.40. The second-order valence-corrected chi connectivity index (χ2v) is 6.60. The van der Waals surface area contributed by atoms with Crippen LogP contribution in [0.15, 0.2) is 35.6 Å². The third-order valence-electron chi connectivity index (χ3n) is 3.86. The zero-order valence-electron chi connectivity index (χ0n) is 16.1. The molecule has 2 aromatic rings. The lowest BCUT2D eigenvalue weighted by atomic mass is 10.2. The molecule has 0 unspecified atom stereocenters. The van der Waals surface area contributed by atoms with Crippen LogP contribution in [-0.4, -0.2) is 52.9 Å². The molecule has 0 amide bonds. The Balaban J connectivity index is 0.00000364. The Bertz CT molecular complexity index is 694. The quantitative estimate of drug-likeness (QED) is 0.224. The summed E-state index contributed by atoms with van der Waals surface area (Å²) < 4.78 is 7.46. The average molecular weight is 504 g/mol. The molecule has 7 nitrogen and oxygen atoms in total. The fraction of sp³-hybridized carbons (Fsp3) is 0.500. The number of methoxy groups -OCH3 is 1. The molecule has 1 heterocycles. The number of thioether (sulfide) groups is 1. The van der Waals surface area contributed by atoms with Crippen LogP contribution in [0.5, 0.6) is 5.75 Å². The van der Waals surface area contributed by atoms with E-state index in [0.29, 0.717) is 6.54 Å². The van der Waals surface area contributed by atoms with Crippen LogP contribution in [0.3, 0.4) is 0 Å². The van der Waals surface area contributed by atoms with Crippen LogP contribution in [0.1, 0.15) is 18.3 Å². The van der Waals surface area contributed by atoms with E-state index in [4.69, 9.17) is 9.73 Å². The number of nitrogens with one attached hydrogen (secondary N) is 2. The first kappa shape index (κ1) is 23.5. The molecule has 2 rings (SSSR count). The van der Waals surface area contributed by atoms with Gasteiger partial charge < -0.3 is 19.9 Å². The predicted octanol–water partition coefficient (Wildman–Crippen LogP) is 2.57. The van der Waals surface area contributed by atoms with Gasteiger partial charge in [-0.1, -0.05) is 25.1 Å². The number of hydrogen-bond donors (Lipinski definition) is 2. The molecule has 1 aromatic carbocycles. The molecule has 0 aliphatic rings. The summed E-state index contributed by atoms with van der Waals surface area (Å²) in [6.45, 7) is 5.06. The van der Waals surface area contributed by atoms with Gasteiger partial charge in [-0.2, -0.15) is 11.8 Å². The van der Waals surface area contributed by atoms with Crippen molar-refractivity contribution < 1.29 is 4.74 Å². The van der Waals surface area contributed by atoms with Gasteiger partial charge >= 0.3 is 0 Å². The lowest BCUT2D eigenvalue weighted by molar-refractivity contribution is 0.410. The number of benzene rings is 1. The van der Waals surface area contributed by atoms with Gasteiger partial charge in [-0.15, -0.1) is 34.2 Å². The van der Waals surface area contributed by atoms with Crippen molar-refractivity contribution in [1.82, 2.24) is 25.4 Å². The van der Waals surface area contributed by atoms with E-state index in [2.05, 4.69) is 38.6 Å². The van der Waals surface area contributed by atoms with Crippen molar-refractivity contribution in [2.75, 3.05) is 32.2 Å². The highest BCUT2D eigenvalue weighted by atomic mass is 127. The number of halogens is 1. The first-order valence-corrected chi connectivity index (χ1v) is 10.2. The molecule has 0 aliphatic heterocycles. The van der Waals surface area contributed by atoms with E-state index in [-0.39, 0.29) is 24.0 Å². The number of ether oxygens (including phenoxy) is 1. The van der Waals surface area contributed by atoms with Crippen LogP contribution in [0, 0.1) is 0 Å². The fourth-order valence-electron chi connectivity index (χ4n) is 2.48. The number of aryl methyl sites for hydroxylation is 1. The van der Waals surface area contributed by atoms with Crippen molar-refractivity contribution in [1.29, 1.82) is 0 Å². The van der Waals surface area contributed by atoms with Gasteiger partial charge in [0.25, 0.3) is 0 Å². The molecule has 2 N–H and O–H groups in total. The van der Waals surface area contributed by atoms with Crippen molar-refractivity contribution in [3.8, 4) is 5.75 Å². The standard InChI is InChI=1S/C18H28N6OS.HI/c1-4-17-23-22-14-24(17)11-9-19-18(20-10-12-26-3)21-13-15-7-5-6-8-16(15)25-2;/h5-8,14H,4,9-13H2,1-3H3,(H2,19,20,21);1H. The monoisotopic (exact) mass is 504 g/mol. The van der Waals surface area contributed by atoms with Crippen molar-refractivity contribution in [2.45, 2.75) is 26.4 Å². The third-order valence-corrected chi connectivity index (χ3v) is 4.47. The van der Waals surface area contributed by atoms with E-state index < -0.39 is 0 Å². The van der Waals surface area contributed by atoms with Crippen LogP contribution >= 0.6 is 35.7 Å². The molecule has 0 bridgehead atoms. The Morgan fingerprint density at radius 1 is 1.26 bits per heavy atom. The molecule has 27 heavy (non-hydrogen) atoms. The summed E-state index contributed by atoms with van der Waals surface area (Å²) in [4.78, 5) is 4.70. The Morgan fingerprint density at radius 2 is 2.04 bits per heavy atom. The highest BCUT2D eigenvalue weighted by Crippen LogP contribution is 2.17. The van der Waals surface area contributed by atoms with Gasteiger partial charge in [-0.3, -0.25) is 0 Å². The summed E-state index contributed by atoms with van der Waals surface area (Å²) in [5.41, 5.74) is 1.06. The maximum Gasteiger partial charge on any atom is 0.191 e. The Labute approximate surface area is 182 Å². The zero-order valence-corrected chi connectivity index (χ0v) is 19.3. The Kier molecular flexibility index (Phi) is 11.9. The van der Waals surface area contributed by atoms with Crippen molar-refractivity contribution in [3.63, 3.8) is 0 Å². The molecule has 0 saturated carbocycles. The van der Waals surface area contributed by atoms with E-state index in [1.807, 2.05) is 24.3 Å². The molecule has 0 saturated heterocycles. The normalized spacial score (nSPS) is 11.0. The van der Waals surface area contributed by atoms with Gasteiger partial charge in [0, 0.05) is 37.4 Å². The molecule has 0 aliphatic carbocycles. The van der Waals surface area contributed by atoms with Gasteiger partial charge in [0.1, 0.15) is 17.9 Å². The van der Waals surface area contributed by atoms with Crippen molar-refractivity contribution in [3.05, 3.63) is 42.0 Å². The summed E-state index contributed by atoms with van der Waals surface area (Å²) in [5.74, 6) is 3.68. The van der Waals surface area contributed by atoms with Crippen molar-refractivity contribution in [2.24, 2.45) is 4.99 Å². The molecule has 0 spiro atoms. The summed E-state index contributed by atoms with van der Waals surface area (Å²) in [7, 11) is 1.68. The van der Waals surface area contributed by atoms with Crippen LogP contribution in [-0.2, 0) is 19.5 Å². The summed E-state index contributed by atoms with van der Waals surface area (Å²) in [5, 5.41) is 14.8. The first-order chi connectivity index (χ1) is 12.8.